The predicted octanol–water partition coefficient (Wildman–Crippen LogP) is 3.98. The molecule has 0 radical (unpaired) electrons. The lowest BCUT2D eigenvalue weighted by atomic mass is 10.0. The summed E-state index contributed by atoms with van der Waals surface area (Å²) in [7, 11) is 0. The van der Waals surface area contributed by atoms with Gasteiger partial charge in [0.1, 0.15) is 0 Å². The van der Waals surface area contributed by atoms with Crippen LogP contribution in [0.4, 0.5) is 5.69 Å². The van der Waals surface area contributed by atoms with E-state index in [9.17, 15) is 0 Å². The number of fused-ring (bicyclic) bond motifs is 1. The van der Waals surface area contributed by atoms with E-state index in [1.807, 2.05) is 0 Å². The van der Waals surface area contributed by atoms with Crippen LogP contribution in [0.15, 0.2) is 47.5 Å². The second-order valence-electron chi connectivity index (χ2n) is 4.67. The van der Waals surface area contributed by atoms with Crippen molar-refractivity contribution in [3.63, 3.8) is 0 Å². The van der Waals surface area contributed by atoms with Gasteiger partial charge in [-0.1, -0.05) is 42.0 Å². The molecule has 84 valence electrons. The highest BCUT2D eigenvalue weighted by molar-refractivity contribution is 6.06. The van der Waals surface area contributed by atoms with Crippen LogP contribution in [0.25, 0.3) is 0 Å². The summed E-state index contributed by atoms with van der Waals surface area (Å²) in [5.41, 5.74) is 7.58. The van der Waals surface area contributed by atoms with Crippen molar-refractivity contribution in [1.29, 1.82) is 0 Å². The normalized spacial score (nSPS) is 13.4. The quantitative estimate of drug-likeness (QED) is 0.690. The van der Waals surface area contributed by atoms with Crippen LogP contribution in [0.5, 0.6) is 0 Å². The zero-order valence-corrected chi connectivity index (χ0v) is 10.2. The van der Waals surface area contributed by atoms with Gasteiger partial charge in [-0.05, 0) is 36.6 Å². The zero-order chi connectivity index (χ0) is 11.8. The second kappa shape index (κ2) is 3.85. The monoisotopic (exact) mass is 221 g/mol. The largest absolute Gasteiger partial charge is 0.252 e. The maximum atomic E-state index is 4.73. The molecule has 0 aromatic heterocycles. The van der Waals surface area contributed by atoms with Crippen LogP contribution in [0.2, 0.25) is 0 Å². The zero-order valence-electron chi connectivity index (χ0n) is 10.2. The van der Waals surface area contributed by atoms with E-state index in [1.165, 1.54) is 28.0 Å². The number of aliphatic imine (C=N–C) groups is 1. The van der Waals surface area contributed by atoms with Crippen molar-refractivity contribution in [2.45, 2.75) is 20.3 Å². The smallest absolute Gasteiger partial charge is 0.0671 e. The van der Waals surface area contributed by atoms with Crippen molar-refractivity contribution < 1.29 is 0 Å². The Labute approximate surface area is 102 Å². The minimum Gasteiger partial charge on any atom is -0.252 e. The number of hydrogen-bond acceptors (Lipinski definition) is 1. The summed E-state index contributed by atoms with van der Waals surface area (Å²) in [6.07, 6.45) is 0.963. The molecule has 1 aliphatic heterocycles. The van der Waals surface area contributed by atoms with Gasteiger partial charge in [0.05, 0.1) is 11.4 Å². The lowest BCUT2D eigenvalue weighted by Gasteiger charge is -2.02. The Balaban J connectivity index is 2.00. The summed E-state index contributed by atoms with van der Waals surface area (Å²) >= 11 is 0. The van der Waals surface area contributed by atoms with Crippen LogP contribution in [0, 0.1) is 13.8 Å². The minimum absolute atomic E-state index is 0.963. The maximum absolute atomic E-state index is 4.73. The third-order valence-corrected chi connectivity index (χ3v) is 3.37. The van der Waals surface area contributed by atoms with Gasteiger partial charge in [0.25, 0.3) is 0 Å². The van der Waals surface area contributed by atoms with Gasteiger partial charge in [-0.3, -0.25) is 4.99 Å². The van der Waals surface area contributed by atoms with Crippen molar-refractivity contribution in [3.8, 4) is 0 Å². The molecule has 0 fully saturated rings. The van der Waals surface area contributed by atoms with E-state index in [0.29, 0.717) is 0 Å². The number of aryl methyl sites for hydroxylation is 2. The molecule has 1 heteroatoms. The molecule has 1 aliphatic rings. The Bertz CT molecular complexity index is 591. The van der Waals surface area contributed by atoms with E-state index in [2.05, 4.69) is 56.3 Å². The predicted molar refractivity (Wildman–Crippen MR) is 72.3 cm³/mol. The standard InChI is InChI=1S/C16H15N/c1-11-6-8-13(9-7-11)16-10-14-12(2)4-3-5-15(14)17-16/h3-9H,10H2,1-2H3. The second-order valence-corrected chi connectivity index (χ2v) is 4.67. The first kappa shape index (κ1) is 10.3. The lowest BCUT2D eigenvalue weighted by molar-refractivity contribution is 1.30. The molecule has 3 rings (SSSR count). The highest BCUT2D eigenvalue weighted by atomic mass is 14.8. The van der Waals surface area contributed by atoms with Gasteiger partial charge in [-0.2, -0.15) is 0 Å². The highest BCUT2D eigenvalue weighted by Crippen LogP contribution is 2.30. The van der Waals surface area contributed by atoms with E-state index >= 15 is 0 Å². The first-order valence-electron chi connectivity index (χ1n) is 5.97. The molecule has 0 N–H and O–H groups in total. The van der Waals surface area contributed by atoms with Gasteiger partial charge in [-0.25, -0.2) is 0 Å². The van der Waals surface area contributed by atoms with Crippen LogP contribution < -0.4 is 0 Å². The van der Waals surface area contributed by atoms with E-state index < -0.39 is 0 Å². The summed E-state index contributed by atoms with van der Waals surface area (Å²) in [4.78, 5) is 4.73. The van der Waals surface area contributed by atoms with Crippen LogP contribution in [-0.2, 0) is 6.42 Å². The Morgan fingerprint density at radius 3 is 2.41 bits per heavy atom. The average molecular weight is 221 g/mol. The van der Waals surface area contributed by atoms with Crippen molar-refractivity contribution in [2.24, 2.45) is 4.99 Å². The van der Waals surface area contributed by atoms with Crippen LogP contribution in [0.3, 0.4) is 0 Å². The first-order chi connectivity index (χ1) is 8.24. The van der Waals surface area contributed by atoms with E-state index in [0.717, 1.165) is 12.1 Å². The fraction of sp³-hybridized carbons (Fsp3) is 0.188. The van der Waals surface area contributed by atoms with Gasteiger partial charge < -0.3 is 0 Å². The average Bonchev–Trinajstić information content (AvgIpc) is 2.75. The van der Waals surface area contributed by atoms with E-state index in [4.69, 9.17) is 4.99 Å². The molecule has 0 spiro atoms. The van der Waals surface area contributed by atoms with Crippen LogP contribution in [-0.4, -0.2) is 5.71 Å². The van der Waals surface area contributed by atoms with Crippen LogP contribution in [0.1, 0.15) is 22.3 Å². The van der Waals surface area contributed by atoms with E-state index in [-0.39, 0.29) is 0 Å². The molecule has 0 bridgehead atoms. The van der Waals surface area contributed by atoms with Gasteiger partial charge in [0, 0.05) is 6.42 Å². The third kappa shape index (κ3) is 1.78. The molecule has 0 saturated carbocycles. The molecule has 0 unspecified atom stereocenters. The van der Waals surface area contributed by atoms with Crippen molar-refractivity contribution in [3.05, 3.63) is 64.7 Å². The Morgan fingerprint density at radius 1 is 0.941 bits per heavy atom. The number of nitrogens with zero attached hydrogens (tertiary/aromatic N) is 1. The molecular formula is C16H15N. The molecule has 0 aliphatic carbocycles. The molecule has 1 heterocycles. The van der Waals surface area contributed by atoms with Crippen molar-refractivity contribution in [2.75, 3.05) is 0 Å². The molecule has 0 amide bonds. The third-order valence-electron chi connectivity index (χ3n) is 3.37. The summed E-state index contributed by atoms with van der Waals surface area (Å²) in [6, 6.07) is 15.0. The SMILES string of the molecule is Cc1ccc(C2=Nc3cccc(C)c3C2)cc1. The first-order valence-corrected chi connectivity index (χ1v) is 5.97. The highest BCUT2D eigenvalue weighted by Gasteiger charge is 2.17. The fourth-order valence-electron chi connectivity index (χ4n) is 2.29. The molecule has 2 aromatic rings. The van der Waals surface area contributed by atoms with Gasteiger partial charge in [-0.15, -0.1) is 0 Å². The van der Waals surface area contributed by atoms with Crippen molar-refractivity contribution in [1.82, 2.24) is 0 Å². The Kier molecular flexibility index (Phi) is 2.32. The lowest BCUT2D eigenvalue weighted by Crippen LogP contribution is -2.00. The summed E-state index contributed by atoms with van der Waals surface area (Å²) in [5.74, 6) is 0. The summed E-state index contributed by atoms with van der Waals surface area (Å²) < 4.78 is 0. The van der Waals surface area contributed by atoms with Crippen molar-refractivity contribution >= 4 is 11.4 Å². The van der Waals surface area contributed by atoms with Crippen LogP contribution >= 0.6 is 0 Å². The fourth-order valence-corrected chi connectivity index (χ4v) is 2.29. The molecule has 0 saturated heterocycles. The molecule has 1 nitrogen and oxygen atoms in total. The number of benzene rings is 2. The van der Waals surface area contributed by atoms with Gasteiger partial charge in [0.15, 0.2) is 0 Å². The van der Waals surface area contributed by atoms with Gasteiger partial charge in [0.2, 0.25) is 0 Å². The van der Waals surface area contributed by atoms with E-state index in [1.54, 1.807) is 0 Å². The maximum Gasteiger partial charge on any atom is 0.0671 e. The molecule has 17 heavy (non-hydrogen) atoms. The number of hydrogen-bond donors (Lipinski definition) is 0. The molecular weight excluding hydrogens is 206 g/mol. The number of rotatable bonds is 1. The minimum atomic E-state index is 0.963. The summed E-state index contributed by atoms with van der Waals surface area (Å²) in [5, 5.41) is 0. The molecule has 0 atom stereocenters. The molecule has 2 aromatic carbocycles. The van der Waals surface area contributed by atoms with Gasteiger partial charge >= 0.3 is 0 Å². The Morgan fingerprint density at radius 2 is 1.71 bits per heavy atom. The summed E-state index contributed by atoms with van der Waals surface area (Å²) in [6.45, 7) is 4.27. The topological polar surface area (TPSA) is 12.4 Å². The Hall–Kier alpha value is -1.89.